The molecule has 284 valence electrons. The Morgan fingerprint density at radius 3 is 2.57 bits per heavy atom. The lowest BCUT2D eigenvalue weighted by Gasteiger charge is -2.59. The number of amides is 1. The number of halogens is 1. The van der Waals surface area contributed by atoms with Crippen molar-refractivity contribution in [2.45, 2.75) is 92.3 Å². The molecule has 11 nitrogen and oxygen atoms in total. The maximum atomic E-state index is 14.3. The normalized spacial score (nSPS) is 20.8. The third-order valence-corrected chi connectivity index (χ3v) is 11.2. The van der Waals surface area contributed by atoms with Gasteiger partial charge in [-0.3, -0.25) is 14.7 Å². The van der Waals surface area contributed by atoms with Crippen molar-refractivity contribution < 1.29 is 18.7 Å². The first-order chi connectivity index (χ1) is 25.6. The van der Waals surface area contributed by atoms with Crippen LogP contribution in [0.3, 0.4) is 0 Å². The van der Waals surface area contributed by atoms with E-state index in [9.17, 15) is 14.4 Å². The zero-order valence-electron chi connectivity index (χ0n) is 32.3. The summed E-state index contributed by atoms with van der Waals surface area (Å²) < 4.78 is 27.2. The van der Waals surface area contributed by atoms with E-state index in [1.165, 1.54) is 30.1 Å². The predicted octanol–water partition coefficient (Wildman–Crippen LogP) is 6.73. The molecule has 5 heterocycles. The summed E-state index contributed by atoms with van der Waals surface area (Å²) >= 11 is 0. The monoisotopic (exact) mass is 726 g/mol. The van der Waals surface area contributed by atoms with Gasteiger partial charge < -0.3 is 24.2 Å². The molecule has 4 aliphatic rings. The molecule has 1 atom stereocenters. The maximum absolute atomic E-state index is 14.3. The van der Waals surface area contributed by atoms with Gasteiger partial charge in [0.15, 0.2) is 11.6 Å². The molecule has 1 spiro atoms. The molecule has 0 N–H and O–H groups in total. The lowest BCUT2D eigenvalue weighted by atomic mass is 9.61. The number of benzene rings is 1. The van der Waals surface area contributed by atoms with Crippen molar-refractivity contribution >= 4 is 11.7 Å². The summed E-state index contributed by atoms with van der Waals surface area (Å²) in [5.41, 5.74) is 2.49. The van der Waals surface area contributed by atoms with E-state index in [2.05, 4.69) is 37.7 Å². The van der Waals surface area contributed by atoms with Crippen LogP contribution in [0.2, 0.25) is 0 Å². The summed E-state index contributed by atoms with van der Waals surface area (Å²) in [6, 6.07) is 8.50. The van der Waals surface area contributed by atoms with Gasteiger partial charge in [-0.25, -0.2) is 14.4 Å². The molecule has 1 unspecified atom stereocenters. The van der Waals surface area contributed by atoms with E-state index < -0.39 is 5.82 Å². The Kier molecular flexibility index (Phi) is 11.8. The van der Waals surface area contributed by atoms with Crippen LogP contribution in [0.5, 0.6) is 17.2 Å². The zero-order valence-corrected chi connectivity index (χ0v) is 32.3. The fourth-order valence-corrected chi connectivity index (χ4v) is 8.36. The average Bonchev–Trinajstić information content (AvgIpc) is 3.51. The van der Waals surface area contributed by atoms with Crippen LogP contribution in [-0.4, -0.2) is 100 Å². The van der Waals surface area contributed by atoms with E-state index in [0.29, 0.717) is 18.1 Å². The van der Waals surface area contributed by atoms with Crippen molar-refractivity contribution in [1.82, 2.24) is 29.7 Å². The minimum atomic E-state index is -0.496. The van der Waals surface area contributed by atoms with Crippen LogP contribution in [0, 0.1) is 28.0 Å². The Hall–Kier alpha value is -4.34. The molecule has 0 radical (unpaired) electrons. The number of carbonyl (C=O) groups is 1. The highest BCUT2D eigenvalue weighted by Gasteiger charge is 2.54. The topological polar surface area (TPSA) is 111 Å². The number of rotatable bonds is 12. The molecular formula is C41H55FN8O3. The number of fused-ring (bicyclic) bond motifs is 1. The Morgan fingerprint density at radius 2 is 1.85 bits per heavy atom. The van der Waals surface area contributed by atoms with E-state index in [4.69, 9.17) is 14.5 Å². The number of anilines is 1. The van der Waals surface area contributed by atoms with E-state index >= 15 is 0 Å². The molecular weight excluding hydrogens is 672 g/mol. The molecule has 1 amide bonds. The van der Waals surface area contributed by atoms with Crippen molar-refractivity contribution in [3.05, 3.63) is 65.6 Å². The van der Waals surface area contributed by atoms with Crippen molar-refractivity contribution in [2.75, 3.05) is 57.3 Å². The van der Waals surface area contributed by atoms with Gasteiger partial charge in [0.25, 0.3) is 5.91 Å². The number of nitrogens with zero attached hydrogens (tertiary/aromatic N) is 8. The van der Waals surface area contributed by atoms with Gasteiger partial charge in [0, 0.05) is 74.6 Å². The van der Waals surface area contributed by atoms with Crippen LogP contribution in [0.15, 0.2) is 43.0 Å². The van der Waals surface area contributed by atoms with Crippen LogP contribution >= 0.6 is 0 Å². The lowest BCUT2D eigenvalue weighted by Crippen LogP contribution is -2.65. The van der Waals surface area contributed by atoms with Gasteiger partial charge in [0.05, 0.1) is 23.2 Å². The molecule has 2 aromatic heterocycles. The number of pyridine rings is 1. The highest BCUT2D eigenvalue weighted by Crippen LogP contribution is 2.52. The first kappa shape index (κ1) is 38.4. The lowest BCUT2D eigenvalue weighted by molar-refractivity contribution is -0.0352. The number of hydrogen-bond donors (Lipinski definition) is 0. The molecule has 3 aromatic rings. The van der Waals surface area contributed by atoms with Gasteiger partial charge in [-0.1, -0.05) is 13.8 Å². The summed E-state index contributed by atoms with van der Waals surface area (Å²) in [6.45, 7) is 19.8. The quantitative estimate of drug-likeness (QED) is 0.199. The van der Waals surface area contributed by atoms with Gasteiger partial charge in [0.2, 0.25) is 0 Å². The fourth-order valence-electron chi connectivity index (χ4n) is 8.36. The Morgan fingerprint density at radius 1 is 1.08 bits per heavy atom. The van der Waals surface area contributed by atoms with Crippen LogP contribution in [-0.2, 0) is 13.0 Å². The second-order valence-electron chi connectivity index (χ2n) is 15.5. The first-order valence-corrected chi connectivity index (χ1v) is 19.4. The zero-order chi connectivity index (χ0) is 37.8. The van der Waals surface area contributed by atoms with Crippen LogP contribution in [0.25, 0.3) is 0 Å². The van der Waals surface area contributed by atoms with Crippen molar-refractivity contribution in [3.8, 4) is 23.3 Å². The van der Waals surface area contributed by atoms with Crippen molar-refractivity contribution in [3.63, 3.8) is 0 Å². The first-order valence-electron chi connectivity index (χ1n) is 19.4. The van der Waals surface area contributed by atoms with E-state index in [1.807, 2.05) is 46.9 Å². The van der Waals surface area contributed by atoms with Crippen molar-refractivity contribution in [2.24, 2.45) is 10.8 Å². The second-order valence-corrected chi connectivity index (χ2v) is 15.5. The standard InChI is InChI=1S/C39H49FN8O3.C2H6/c1-5-48(27(2)3)37(49)30-17-28(40)7-8-33(30)51-35-20-42-26-44-36(35)47-24-39(25-47)18-29(19-39)50-34-9-12-43-32-10-15-45(21-31(32)34)13-6-14-46-16-11-38(4,22-41)23-46;1-2/h7-9,12,17,20,26-27,29H,5-6,10-11,13-16,18-19,21,23-25H2,1-4H3;1-2H3. The number of carbonyl (C=O) groups excluding carboxylic acids is 1. The Balaban J connectivity index is 0.00000236. The second kappa shape index (κ2) is 16.4. The number of aromatic nitrogens is 3. The van der Waals surface area contributed by atoms with Crippen LogP contribution in [0.1, 0.15) is 88.8 Å². The largest absolute Gasteiger partial charge is 0.490 e. The third-order valence-electron chi connectivity index (χ3n) is 11.2. The SMILES string of the molecule is CC.CCN(C(=O)c1cc(F)ccc1Oc1cncnc1N1CC2(CC(Oc3ccnc4c3CN(CCCN3CCC(C)(C#N)C3)CC4)C2)C1)C(C)C. The summed E-state index contributed by atoms with van der Waals surface area (Å²) in [7, 11) is 0. The van der Waals surface area contributed by atoms with E-state index in [1.54, 1.807) is 11.1 Å². The molecule has 2 saturated heterocycles. The summed E-state index contributed by atoms with van der Waals surface area (Å²) in [6.07, 6.45) is 10.0. The number of hydrogen-bond acceptors (Lipinski definition) is 10. The van der Waals surface area contributed by atoms with Gasteiger partial charge in [-0.05, 0) is 97.3 Å². The summed E-state index contributed by atoms with van der Waals surface area (Å²) in [5.74, 6) is 1.55. The average molecular weight is 727 g/mol. The highest BCUT2D eigenvalue weighted by atomic mass is 19.1. The van der Waals surface area contributed by atoms with Gasteiger partial charge in [-0.15, -0.1) is 0 Å². The minimum absolute atomic E-state index is 0.0419. The summed E-state index contributed by atoms with van der Waals surface area (Å²) in [5, 5.41) is 9.46. The molecule has 3 aliphatic heterocycles. The predicted molar refractivity (Wildman–Crippen MR) is 203 cm³/mol. The molecule has 1 saturated carbocycles. The molecule has 3 fully saturated rings. The van der Waals surface area contributed by atoms with E-state index in [-0.39, 0.29) is 40.2 Å². The molecule has 53 heavy (non-hydrogen) atoms. The van der Waals surface area contributed by atoms with E-state index in [0.717, 1.165) is 95.9 Å². The smallest absolute Gasteiger partial charge is 0.257 e. The molecule has 7 rings (SSSR count). The van der Waals surface area contributed by atoms with Crippen molar-refractivity contribution in [1.29, 1.82) is 5.26 Å². The highest BCUT2D eigenvalue weighted by molar-refractivity contribution is 5.97. The Labute approximate surface area is 314 Å². The van der Waals surface area contributed by atoms with Gasteiger partial charge >= 0.3 is 0 Å². The fraction of sp³-hybridized carbons (Fsp3) is 0.585. The van der Waals surface area contributed by atoms with Gasteiger partial charge in [-0.2, -0.15) is 5.26 Å². The van der Waals surface area contributed by atoms with Crippen LogP contribution in [0.4, 0.5) is 10.2 Å². The minimum Gasteiger partial charge on any atom is -0.490 e. The number of likely N-dealkylation sites (tertiary alicyclic amines) is 1. The maximum Gasteiger partial charge on any atom is 0.257 e. The molecule has 1 aromatic carbocycles. The number of nitriles is 1. The molecule has 0 bridgehead atoms. The number of ether oxygens (including phenoxy) is 2. The summed E-state index contributed by atoms with van der Waals surface area (Å²) in [4.78, 5) is 35.6. The molecule has 1 aliphatic carbocycles. The Bertz CT molecular complexity index is 1780. The molecule has 12 heteroatoms. The van der Waals surface area contributed by atoms with Crippen LogP contribution < -0.4 is 14.4 Å². The van der Waals surface area contributed by atoms with Gasteiger partial charge in [0.1, 0.15) is 29.7 Å². The third kappa shape index (κ3) is 8.42.